The predicted octanol–water partition coefficient (Wildman–Crippen LogP) is 1.64. The summed E-state index contributed by atoms with van der Waals surface area (Å²) in [5, 5.41) is 11.4. The number of amides is 1. The van der Waals surface area contributed by atoms with Crippen molar-refractivity contribution in [3.05, 3.63) is 17.3 Å². The van der Waals surface area contributed by atoms with E-state index in [1.54, 1.807) is 6.07 Å². The fraction of sp³-hybridized carbons (Fsp3) is 0.667. The Morgan fingerprint density at radius 1 is 1.36 bits per heavy atom. The van der Waals surface area contributed by atoms with Crippen molar-refractivity contribution < 1.29 is 9.53 Å². The van der Waals surface area contributed by atoms with Gasteiger partial charge >= 0.3 is 0 Å². The summed E-state index contributed by atoms with van der Waals surface area (Å²) in [6, 6.07) is 3.58. The molecule has 0 unspecified atom stereocenters. The van der Waals surface area contributed by atoms with Crippen LogP contribution in [-0.4, -0.2) is 48.4 Å². The second kappa shape index (κ2) is 7.24. The summed E-state index contributed by atoms with van der Waals surface area (Å²) in [6.45, 7) is 3.00. The van der Waals surface area contributed by atoms with Crippen LogP contribution in [0.4, 0.5) is 5.82 Å². The molecular weight excluding hydrogens is 304 g/mol. The van der Waals surface area contributed by atoms with Gasteiger partial charge in [0, 0.05) is 26.2 Å². The Morgan fingerprint density at radius 2 is 2.27 bits per heavy atom. The number of halogens is 1. The summed E-state index contributed by atoms with van der Waals surface area (Å²) in [5.74, 6) is 0.885. The van der Waals surface area contributed by atoms with Crippen LogP contribution < -0.4 is 10.2 Å². The highest BCUT2D eigenvalue weighted by Crippen LogP contribution is 2.22. The summed E-state index contributed by atoms with van der Waals surface area (Å²) < 4.78 is 5.54. The number of piperidine rings is 1. The highest BCUT2D eigenvalue weighted by molar-refractivity contribution is 6.29. The minimum atomic E-state index is -0.00682. The van der Waals surface area contributed by atoms with Gasteiger partial charge < -0.3 is 15.0 Å². The van der Waals surface area contributed by atoms with Crippen molar-refractivity contribution >= 4 is 23.3 Å². The van der Waals surface area contributed by atoms with E-state index in [-0.39, 0.29) is 17.9 Å². The van der Waals surface area contributed by atoms with Gasteiger partial charge in [-0.15, -0.1) is 10.2 Å². The molecule has 2 saturated heterocycles. The smallest absolute Gasteiger partial charge is 0.224 e. The van der Waals surface area contributed by atoms with Crippen LogP contribution in [0.3, 0.4) is 0 Å². The van der Waals surface area contributed by atoms with Gasteiger partial charge in [0.15, 0.2) is 11.0 Å². The minimum absolute atomic E-state index is 0.00682. The van der Waals surface area contributed by atoms with Gasteiger partial charge in [0.1, 0.15) is 0 Å². The van der Waals surface area contributed by atoms with E-state index in [1.807, 2.05) is 6.07 Å². The lowest BCUT2D eigenvalue weighted by atomic mass is 9.97. The first kappa shape index (κ1) is 15.5. The summed E-state index contributed by atoms with van der Waals surface area (Å²) in [7, 11) is 0. The number of hydrogen-bond acceptors (Lipinski definition) is 5. The molecule has 0 aromatic carbocycles. The van der Waals surface area contributed by atoms with Crippen LogP contribution in [0.5, 0.6) is 0 Å². The Hall–Kier alpha value is -1.40. The van der Waals surface area contributed by atoms with Gasteiger partial charge in [-0.3, -0.25) is 4.79 Å². The standard InChI is InChI=1S/C15H21ClN4O2/c16-13-5-6-14(19-18-13)20-7-1-3-11(10-20)15(21)17-9-12-4-2-8-22-12/h5-6,11-12H,1-4,7-10H2,(H,17,21)/t11-,12-/m0/s1. The number of carbonyl (C=O) groups excluding carboxylic acids is 1. The van der Waals surface area contributed by atoms with Crippen LogP contribution in [0.2, 0.25) is 5.15 Å². The van der Waals surface area contributed by atoms with Crippen molar-refractivity contribution in [1.29, 1.82) is 0 Å². The van der Waals surface area contributed by atoms with Crippen LogP contribution in [0.25, 0.3) is 0 Å². The molecule has 3 heterocycles. The molecule has 0 saturated carbocycles. The first-order valence-corrected chi connectivity index (χ1v) is 8.23. The monoisotopic (exact) mass is 324 g/mol. The van der Waals surface area contributed by atoms with E-state index in [9.17, 15) is 4.79 Å². The highest BCUT2D eigenvalue weighted by atomic mass is 35.5. The van der Waals surface area contributed by atoms with E-state index in [2.05, 4.69) is 20.4 Å². The predicted molar refractivity (Wildman–Crippen MR) is 84.0 cm³/mol. The maximum atomic E-state index is 12.3. The molecule has 22 heavy (non-hydrogen) atoms. The van der Waals surface area contributed by atoms with E-state index in [0.29, 0.717) is 18.2 Å². The number of anilines is 1. The topological polar surface area (TPSA) is 67.3 Å². The van der Waals surface area contributed by atoms with Crippen molar-refractivity contribution in [2.75, 3.05) is 31.1 Å². The molecule has 1 amide bonds. The third-order valence-electron chi connectivity index (χ3n) is 4.26. The van der Waals surface area contributed by atoms with Crippen molar-refractivity contribution in [2.24, 2.45) is 5.92 Å². The largest absolute Gasteiger partial charge is 0.376 e. The average Bonchev–Trinajstić information content (AvgIpc) is 3.07. The zero-order valence-electron chi connectivity index (χ0n) is 12.5. The number of nitrogens with zero attached hydrogens (tertiary/aromatic N) is 3. The Kier molecular flexibility index (Phi) is 5.10. The summed E-state index contributed by atoms with van der Waals surface area (Å²) in [5.41, 5.74) is 0. The summed E-state index contributed by atoms with van der Waals surface area (Å²) in [4.78, 5) is 14.4. The van der Waals surface area contributed by atoms with Crippen LogP contribution in [0.1, 0.15) is 25.7 Å². The van der Waals surface area contributed by atoms with Crippen LogP contribution in [-0.2, 0) is 9.53 Å². The third kappa shape index (κ3) is 3.87. The maximum Gasteiger partial charge on any atom is 0.224 e. The lowest BCUT2D eigenvalue weighted by Crippen LogP contribution is -2.45. The van der Waals surface area contributed by atoms with Crippen molar-refractivity contribution in [3.8, 4) is 0 Å². The van der Waals surface area contributed by atoms with Gasteiger partial charge in [0.2, 0.25) is 5.91 Å². The molecule has 2 aliphatic heterocycles. The molecule has 6 nitrogen and oxygen atoms in total. The molecule has 1 aromatic rings. The molecular formula is C15H21ClN4O2. The van der Waals surface area contributed by atoms with Gasteiger partial charge in [-0.2, -0.15) is 0 Å². The number of carbonyl (C=O) groups is 1. The fourth-order valence-electron chi connectivity index (χ4n) is 3.04. The number of aromatic nitrogens is 2. The lowest BCUT2D eigenvalue weighted by molar-refractivity contribution is -0.125. The van der Waals surface area contributed by atoms with Crippen molar-refractivity contribution in [3.63, 3.8) is 0 Å². The normalized spacial score (nSPS) is 25.2. The van der Waals surface area contributed by atoms with Gasteiger partial charge in [-0.1, -0.05) is 11.6 Å². The fourth-order valence-corrected chi connectivity index (χ4v) is 3.14. The average molecular weight is 325 g/mol. The van der Waals surface area contributed by atoms with Crippen molar-refractivity contribution in [1.82, 2.24) is 15.5 Å². The number of ether oxygens (including phenoxy) is 1. The third-order valence-corrected chi connectivity index (χ3v) is 4.46. The molecule has 0 bridgehead atoms. The second-order valence-corrected chi connectivity index (χ2v) is 6.27. The van der Waals surface area contributed by atoms with E-state index < -0.39 is 0 Å². The minimum Gasteiger partial charge on any atom is -0.376 e. The highest BCUT2D eigenvalue weighted by Gasteiger charge is 2.27. The Bertz CT molecular complexity index is 505. The SMILES string of the molecule is O=C(NC[C@@H]1CCCO1)[C@H]1CCCN(c2ccc(Cl)nn2)C1. The molecule has 1 aromatic heterocycles. The Balaban J connectivity index is 1.53. The molecule has 120 valence electrons. The summed E-state index contributed by atoms with van der Waals surface area (Å²) in [6.07, 6.45) is 4.20. The van der Waals surface area contributed by atoms with Gasteiger partial charge in [0.25, 0.3) is 0 Å². The molecule has 2 aliphatic rings. The van der Waals surface area contributed by atoms with Gasteiger partial charge in [-0.05, 0) is 37.8 Å². The zero-order valence-corrected chi connectivity index (χ0v) is 13.3. The molecule has 0 spiro atoms. The zero-order chi connectivity index (χ0) is 15.4. The Morgan fingerprint density at radius 3 is 3.00 bits per heavy atom. The maximum absolute atomic E-state index is 12.3. The molecule has 0 radical (unpaired) electrons. The number of rotatable bonds is 4. The summed E-state index contributed by atoms with van der Waals surface area (Å²) >= 11 is 5.77. The van der Waals surface area contributed by atoms with E-state index in [1.165, 1.54) is 0 Å². The molecule has 7 heteroatoms. The molecule has 2 atom stereocenters. The van der Waals surface area contributed by atoms with Crippen molar-refractivity contribution in [2.45, 2.75) is 31.8 Å². The van der Waals surface area contributed by atoms with Crippen LogP contribution >= 0.6 is 11.6 Å². The molecule has 0 aliphatic carbocycles. The van der Waals surface area contributed by atoms with E-state index in [4.69, 9.17) is 16.3 Å². The number of hydrogen-bond donors (Lipinski definition) is 1. The first-order valence-electron chi connectivity index (χ1n) is 7.86. The van der Waals surface area contributed by atoms with Crippen LogP contribution in [0, 0.1) is 5.92 Å². The Labute approximate surface area is 135 Å². The molecule has 2 fully saturated rings. The van der Waals surface area contributed by atoms with E-state index in [0.717, 1.165) is 44.7 Å². The lowest BCUT2D eigenvalue weighted by Gasteiger charge is -2.32. The first-order chi connectivity index (χ1) is 10.7. The molecule has 3 rings (SSSR count). The second-order valence-electron chi connectivity index (χ2n) is 5.88. The van der Waals surface area contributed by atoms with E-state index >= 15 is 0 Å². The number of nitrogens with one attached hydrogen (secondary N) is 1. The van der Waals surface area contributed by atoms with Gasteiger partial charge in [0.05, 0.1) is 12.0 Å². The molecule has 1 N–H and O–H groups in total. The van der Waals surface area contributed by atoms with Gasteiger partial charge in [-0.25, -0.2) is 0 Å². The van der Waals surface area contributed by atoms with Crippen LogP contribution in [0.15, 0.2) is 12.1 Å². The quantitative estimate of drug-likeness (QED) is 0.912.